The summed E-state index contributed by atoms with van der Waals surface area (Å²) in [6, 6.07) is 8.77. The average Bonchev–Trinajstić information content (AvgIpc) is 3.41. The Morgan fingerprint density at radius 3 is 2.40 bits per heavy atom. The second kappa shape index (κ2) is 8.02. The first-order chi connectivity index (χ1) is 14.6. The molecule has 30 heavy (non-hydrogen) atoms. The molecule has 7 nitrogen and oxygen atoms in total. The summed E-state index contributed by atoms with van der Waals surface area (Å²) in [6.07, 6.45) is 11.3. The van der Waals surface area contributed by atoms with Gasteiger partial charge in [-0.3, -0.25) is 4.79 Å². The predicted octanol–water partition coefficient (Wildman–Crippen LogP) is 4.48. The van der Waals surface area contributed by atoms with Crippen molar-refractivity contribution in [3.05, 3.63) is 35.7 Å². The fourth-order valence-electron chi connectivity index (χ4n) is 5.55. The van der Waals surface area contributed by atoms with Gasteiger partial charge in [0.1, 0.15) is 0 Å². The third-order valence-corrected chi connectivity index (χ3v) is 7.33. The van der Waals surface area contributed by atoms with Crippen molar-refractivity contribution in [1.29, 1.82) is 0 Å². The molecule has 1 aromatic heterocycles. The van der Waals surface area contributed by atoms with E-state index in [-0.39, 0.29) is 12.0 Å². The van der Waals surface area contributed by atoms with Crippen molar-refractivity contribution < 1.29 is 14.3 Å². The van der Waals surface area contributed by atoms with Crippen LogP contribution in [0.15, 0.2) is 28.7 Å². The van der Waals surface area contributed by atoms with E-state index in [2.05, 4.69) is 33.0 Å². The van der Waals surface area contributed by atoms with Crippen LogP contribution in [0.25, 0.3) is 0 Å². The molecule has 0 atom stereocenters. The zero-order chi connectivity index (χ0) is 20.6. The van der Waals surface area contributed by atoms with Gasteiger partial charge in [0.15, 0.2) is 0 Å². The van der Waals surface area contributed by atoms with Crippen LogP contribution in [-0.4, -0.2) is 33.4 Å². The maximum Gasteiger partial charge on any atom is 0.316 e. The molecule has 5 rings (SSSR count). The van der Waals surface area contributed by atoms with Crippen LogP contribution in [0.1, 0.15) is 86.4 Å². The van der Waals surface area contributed by atoms with Gasteiger partial charge < -0.3 is 20.2 Å². The quantitative estimate of drug-likeness (QED) is 0.672. The Bertz CT molecular complexity index is 872. The molecule has 2 aromatic rings. The van der Waals surface area contributed by atoms with Crippen molar-refractivity contribution in [2.24, 2.45) is 5.41 Å². The van der Waals surface area contributed by atoms with Gasteiger partial charge in [-0.05, 0) is 80.4 Å². The number of aliphatic hydroxyl groups excluding tert-OH is 1. The molecule has 1 aromatic carbocycles. The number of nitrogens with zero attached hydrogens (tertiary/aromatic N) is 2. The number of anilines is 2. The molecule has 0 saturated heterocycles. The highest BCUT2D eigenvalue weighted by molar-refractivity contribution is 6.00. The van der Waals surface area contributed by atoms with Crippen molar-refractivity contribution in [1.82, 2.24) is 10.2 Å². The van der Waals surface area contributed by atoms with Crippen LogP contribution in [0.3, 0.4) is 0 Å². The fraction of sp³-hybridized carbons (Fsp3) is 0.609. The maximum absolute atomic E-state index is 12.4. The Balaban J connectivity index is 1.14. The molecule has 160 valence electrons. The number of amides is 1. The first kappa shape index (κ1) is 19.5. The zero-order valence-corrected chi connectivity index (χ0v) is 17.3. The Morgan fingerprint density at radius 2 is 1.73 bits per heavy atom. The number of aromatic nitrogens is 2. The first-order valence-corrected chi connectivity index (χ1v) is 11.3. The fourth-order valence-corrected chi connectivity index (χ4v) is 5.55. The molecule has 0 unspecified atom stereocenters. The summed E-state index contributed by atoms with van der Waals surface area (Å²) in [5.74, 6) is 0.149. The number of carbonyl (C=O) groups is 1. The van der Waals surface area contributed by atoms with E-state index >= 15 is 0 Å². The van der Waals surface area contributed by atoms with E-state index in [9.17, 15) is 9.90 Å². The molecule has 3 saturated carbocycles. The lowest BCUT2D eigenvalue weighted by Gasteiger charge is -2.49. The predicted molar refractivity (Wildman–Crippen MR) is 113 cm³/mol. The Kier molecular flexibility index (Phi) is 5.23. The minimum absolute atomic E-state index is 0.0279. The first-order valence-electron chi connectivity index (χ1n) is 11.3. The number of hydrogen-bond acceptors (Lipinski definition) is 6. The largest absolute Gasteiger partial charge is 0.399 e. The number of hydrogen-bond donors (Lipinski definition) is 3. The number of aliphatic hydroxyl groups is 1. The molecule has 0 radical (unpaired) electrons. The second-order valence-electron chi connectivity index (χ2n) is 9.45. The minimum atomic E-state index is -0.391. The van der Waals surface area contributed by atoms with E-state index in [0.29, 0.717) is 23.4 Å². The molecule has 1 heterocycles. The van der Waals surface area contributed by atoms with E-state index in [1.165, 1.54) is 44.1 Å². The third-order valence-electron chi connectivity index (χ3n) is 7.33. The van der Waals surface area contributed by atoms with Gasteiger partial charge in [-0.2, -0.15) is 0 Å². The van der Waals surface area contributed by atoms with Crippen LogP contribution in [0.4, 0.5) is 11.7 Å². The normalized spacial score (nSPS) is 29.0. The number of benzene rings is 1. The lowest BCUT2D eigenvalue weighted by atomic mass is 9.57. The van der Waals surface area contributed by atoms with E-state index in [1.807, 2.05) is 12.1 Å². The summed E-state index contributed by atoms with van der Waals surface area (Å²) >= 11 is 0. The highest BCUT2D eigenvalue weighted by Crippen LogP contribution is 2.54. The smallest absolute Gasteiger partial charge is 0.316 e. The molecule has 1 spiro atoms. The molecular formula is C23H30N4O3. The van der Waals surface area contributed by atoms with Crippen molar-refractivity contribution in [3.63, 3.8) is 0 Å². The summed E-state index contributed by atoms with van der Waals surface area (Å²) in [6.45, 7) is 0. The highest BCUT2D eigenvalue weighted by atomic mass is 16.4. The van der Waals surface area contributed by atoms with Crippen LogP contribution < -0.4 is 10.6 Å². The summed E-state index contributed by atoms with van der Waals surface area (Å²) in [5, 5.41) is 23.5. The lowest BCUT2D eigenvalue weighted by Crippen LogP contribution is -2.43. The Morgan fingerprint density at radius 1 is 1.03 bits per heavy atom. The molecule has 1 amide bonds. The minimum Gasteiger partial charge on any atom is -0.399 e. The van der Waals surface area contributed by atoms with Crippen molar-refractivity contribution >= 4 is 17.6 Å². The lowest BCUT2D eigenvalue weighted by molar-refractivity contribution is -0.0568. The summed E-state index contributed by atoms with van der Waals surface area (Å²) in [7, 11) is 0. The SMILES string of the molecule is O=C(Nc1ccc(C2CCC3(CC2)CC(O)C3)cc1)c1nnc(NC2CCCC2)o1. The molecule has 3 aliphatic carbocycles. The van der Waals surface area contributed by atoms with Crippen LogP contribution in [0.5, 0.6) is 0 Å². The van der Waals surface area contributed by atoms with Gasteiger partial charge >= 0.3 is 17.8 Å². The van der Waals surface area contributed by atoms with Crippen LogP contribution in [0.2, 0.25) is 0 Å². The summed E-state index contributed by atoms with van der Waals surface area (Å²) < 4.78 is 5.48. The van der Waals surface area contributed by atoms with Crippen LogP contribution >= 0.6 is 0 Å². The van der Waals surface area contributed by atoms with Gasteiger partial charge in [0.25, 0.3) is 0 Å². The number of rotatable bonds is 5. The molecular weight excluding hydrogens is 380 g/mol. The Hall–Kier alpha value is -2.41. The summed E-state index contributed by atoms with van der Waals surface area (Å²) in [5.41, 5.74) is 2.46. The van der Waals surface area contributed by atoms with Gasteiger partial charge in [0, 0.05) is 11.7 Å². The molecule has 3 N–H and O–H groups in total. The van der Waals surface area contributed by atoms with Crippen LogP contribution in [0, 0.1) is 5.41 Å². The molecule has 3 aliphatic rings. The van der Waals surface area contributed by atoms with E-state index in [0.717, 1.165) is 31.4 Å². The summed E-state index contributed by atoms with van der Waals surface area (Å²) in [4.78, 5) is 12.4. The third kappa shape index (κ3) is 4.08. The molecule has 0 bridgehead atoms. The standard InChI is InChI=1S/C23H30N4O3/c28-19-13-23(14-19)11-9-16(10-12-23)15-5-7-18(8-6-15)24-20(29)21-26-27-22(30-21)25-17-3-1-2-4-17/h5-8,16-17,19,28H,1-4,9-14H2,(H,24,29)(H,25,27). The topological polar surface area (TPSA) is 100 Å². The zero-order valence-electron chi connectivity index (χ0n) is 17.3. The molecule has 7 heteroatoms. The van der Waals surface area contributed by atoms with Gasteiger partial charge in [0.05, 0.1) is 6.10 Å². The van der Waals surface area contributed by atoms with Crippen molar-refractivity contribution in [3.8, 4) is 0 Å². The number of nitrogens with one attached hydrogen (secondary N) is 2. The van der Waals surface area contributed by atoms with E-state index in [4.69, 9.17) is 4.42 Å². The van der Waals surface area contributed by atoms with Gasteiger partial charge in [-0.1, -0.05) is 30.1 Å². The van der Waals surface area contributed by atoms with Gasteiger partial charge in [0.2, 0.25) is 0 Å². The van der Waals surface area contributed by atoms with E-state index in [1.54, 1.807) is 0 Å². The van der Waals surface area contributed by atoms with Gasteiger partial charge in [-0.25, -0.2) is 0 Å². The van der Waals surface area contributed by atoms with E-state index < -0.39 is 5.91 Å². The van der Waals surface area contributed by atoms with Crippen molar-refractivity contribution in [2.75, 3.05) is 10.6 Å². The highest BCUT2D eigenvalue weighted by Gasteiger charge is 2.45. The maximum atomic E-state index is 12.4. The molecule has 0 aliphatic heterocycles. The Labute approximate surface area is 176 Å². The molecule has 3 fully saturated rings. The number of carbonyl (C=O) groups excluding carboxylic acids is 1. The van der Waals surface area contributed by atoms with Crippen LogP contribution in [-0.2, 0) is 0 Å². The average molecular weight is 411 g/mol. The monoisotopic (exact) mass is 410 g/mol. The second-order valence-corrected chi connectivity index (χ2v) is 9.45. The van der Waals surface area contributed by atoms with Gasteiger partial charge in [-0.15, -0.1) is 5.10 Å². The van der Waals surface area contributed by atoms with Crippen molar-refractivity contribution in [2.45, 2.75) is 82.3 Å².